The van der Waals surface area contributed by atoms with E-state index in [1.165, 1.54) is 6.20 Å². The number of aromatic amines is 1. The fourth-order valence-corrected chi connectivity index (χ4v) is 3.76. The van der Waals surface area contributed by atoms with E-state index in [2.05, 4.69) is 20.8 Å². The molecule has 1 fully saturated rings. The minimum absolute atomic E-state index is 0.0175. The smallest absolute Gasteiger partial charge is 0.258 e. The molecule has 1 aliphatic carbocycles. The van der Waals surface area contributed by atoms with E-state index < -0.39 is 15.6 Å². The molecule has 104 valence electrons. The minimum Gasteiger partial charge on any atom is -0.332 e. The molecule has 1 aliphatic rings. The van der Waals surface area contributed by atoms with Crippen molar-refractivity contribution in [1.29, 1.82) is 5.26 Å². The van der Waals surface area contributed by atoms with Crippen molar-refractivity contribution in [3.63, 3.8) is 0 Å². The van der Waals surface area contributed by atoms with Crippen molar-refractivity contribution in [2.24, 2.45) is 0 Å². The van der Waals surface area contributed by atoms with Crippen molar-refractivity contribution >= 4 is 10.0 Å². The van der Waals surface area contributed by atoms with Gasteiger partial charge < -0.3 is 4.98 Å². The summed E-state index contributed by atoms with van der Waals surface area (Å²) in [7, 11) is -3.72. The highest BCUT2D eigenvalue weighted by atomic mass is 32.2. The van der Waals surface area contributed by atoms with Gasteiger partial charge in [-0.15, -0.1) is 0 Å². The second-order valence-corrected chi connectivity index (χ2v) is 6.70. The molecule has 0 spiro atoms. The molecule has 1 aromatic heterocycles. The number of nitrogens with zero attached hydrogens (tertiary/aromatic N) is 2. The van der Waals surface area contributed by atoms with Gasteiger partial charge in [-0.05, 0) is 19.8 Å². The maximum atomic E-state index is 12.3. The van der Waals surface area contributed by atoms with Gasteiger partial charge in [0.1, 0.15) is 11.4 Å². The first-order valence-corrected chi connectivity index (χ1v) is 7.93. The summed E-state index contributed by atoms with van der Waals surface area (Å²) in [6.07, 6.45) is 6.25. The quantitative estimate of drug-likeness (QED) is 0.823. The lowest BCUT2D eigenvalue weighted by Crippen LogP contribution is -2.46. The number of aryl methyl sites for hydroxylation is 1. The van der Waals surface area contributed by atoms with Crippen molar-refractivity contribution in [2.75, 3.05) is 0 Å². The first-order chi connectivity index (χ1) is 8.97. The molecular weight excluding hydrogens is 264 g/mol. The predicted octanol–water partition coefficient (Wildman–Crippen LogP) is 1.61. The molecule has 0 unspecified atom stereocenters. The van der Waals surface area contributed by atoms with E-state index in [0.29, 0.717) is 18.7 Å². The van der Waals surface area contributed by atoms with Crippen molar-refractivity contribution in [3.05, 3.63) is 12.0 Å². The number of hydrogen-bond donors (Lipinski definition) is 2. The molecule has 0 radical (unpaired) electrons. The zero-order valence-electron chi connectivity index (χ0n) is 10.9. The molecule has 1 heterocycles. The van der Waals surface area contributed by atoms with Crippen molar-refractivity contribution in [3.8, 4) is 6.07 Å². The average molecular weight is 282 g/mol. The Balaban J connectivity index is 2.24. The standard InChI is InChI=1S/C12H18N4O2S/c1-10-14-8-11(15-10)19(17,18)16-12(9-13)6-4-2-3-5-7-12/h8,16H,2-7H2,1H3,(H,14,15). The SMILES string of the molecule is Cc1ncc(S(=O)(=O)NC2(C#N)CCCCCC2)[nH]1. The van der Waals surface area contributed by atoms with Crippen LogP contribution in [0.4, 0.5) is 0 Å². The van der Waals surface area contributed by atoms with Crippen LogP contribution in [0, 0.1) is 18.3 Å². The Kier molecular flexibility index (Phi) is 3.92. The third-order valence-electron chi connectivity index (χ3n) is 3.47. The minimum atomic E-state index is -3.72. The molecule has 1 aromatic rings. The summed E-state index contributed by atoms with van der Waals surface area (Å²) in [6.45, 7) is 1.69. The van der Waals surface area contributed by atoms with E-state index >= 15 is 0 Å². The van der Waals surface area contributed by atoms with Gasteiger partial charge >= 0.3 is 0 Å². The van der Waals surface area contributed by atoms with Gasteiger partial charge in [-0.1, -0.05) is 25.7 Å². The molecule has 6 nitrogen and oxygen atoms in total. The molecule has 0 aromatic carbocycles. The number of sulfonamides is 1. The molecule has 0 bridgehead atoms. The van der Waals surface area contributed by atoms with Crippen molar-refractivity contribution < 1.29 is 8.42 Å². The molecule has 1 saturated carbocycles. The largest absolute Gasteiger partial charge is 0.332 e. The summed E-state index contributed by atoms with van der Waals surface area (Å²) in [5, 5.41) is 9.40. The third-order valence-corrected chi connectivity index (χ3v) is 4.92. The Morgan fingerprint density at radius 2 is 2.00 bits per heavy atom. The van der Waals surface area contributed by atoms with Gasteiger partial charge in [-0.3, -0.25) is 0 Å². The number of H-pyrrole nitrogens is 1. The van der Waals surface area contributed by atoms with E-state index in [4.69, 9.17) is 0 Å². The van der Waals surface area contributed by atoms with E-state index in [1.54, 1.807) is 6.92 Å². The lowest BCUT2D eigenvalue weighted by molar-refractivity contribution is 0.421. The Hall–Kier alpha value is -1.39. The maximum absolute atomic E-state index is 12.3. The highest BCUT2D eigenvalue weighted by Crippen LogP contribution is 2.28. The highest BCUT2D eigenvalue weighted by Gasteiger charge is 2.36. The number of hydrogen-bond acceptors (Lipinski definition) is 4. The first kappa shape index (κ1) is 14.0. The van der Waals surface area contributed by atoms with Crippen LogP contribution in [0.15, 0.2) is 11.2 Å². The first-order valence-electron chi connectivity index (χ1n) is 6.44. The van der Waals surface area contributed by atoms with E-state index in [0.717, 1.165) is 25.7 Å². The number of nitriles is 1. The monoisotopic (exact) mass is 282 g/mol. The number of aromatic nitrogens is 2. The van der Waals surface area contributed by atoms with Crippen LogP contribution in [-0.4, -0.2) is 23.9 Å². The lowest BCUT2D eigenvalue weighted by Gasteiger charge is -2.25. The molecule has 19 heavy (non-hydrogen) atoms. The van der Waals surface area contributed by atoms with Gasteiger partial charge in [-0.2, -0.15) is 9.98 Å². The molecule has 0 saturated heterocycles. The zero-order valence-corrected chi connectivity index (χ0v) is 11.8. The van der Waals surface area contributed by atoms with Crippen LogP contribution < -0.4 is 4.72 Å². The molecule has 7 heteroatoms. The van der Waals surface area contributed by atoms with Gasteiger partial charge in [0.05, 0.1) is 12.3 Å². The molecule has 2 rings (SSSR count). The van der Waals surface area contributed by atoms with Gasteiger partial charge in [0, 0.05) is 0 Å². The number of rotatable bonds is 3. The Morgan fingerprint density at radius 3 is 2.47 bits per heavy atom. The van der Waals surface area contributed by atoms with Crippen LogP contribution >= 0.6 is 0 Å². The summed E-state index contributed by atoms with van der Waals surface area (Å²) >= 11 is 0. The van der Waals surface area contributed by atoms with E-state index in [9.17, 15) is 13.7 Å². The fraction of sp³-hybridized carbons (Fsp3) is 0.667. The van der Waals surface area contributed by atoms with Crippen LogP contribution in [0.3, 0.4) is 0 Å². The van der Waals surface area contributed by atoms with Crippen molar-refractivity contribution in [1.82, 2.24) is 14.7 Å². The Bertz CT molecular complexity index is 577. The van der Waals surface area contributed by atoms with Crippen LogP contribution in [-0.2, 0) is 10.0 Å². The number of nitrogens with one attached hydrogen (secondary N) is 2. The van der Waals surface area contributed by atoms with Crippen LogP contribution in [0.25, 0.3) is 0 Å². The summed E-state index contributed by atoms with van der Waals surface area (Å²) in [6, 6.07) is 2.17. The second-order valence-electron chi connectivity index (χ2n) is 5.05. The maximum Gasteiger partial charge on any atom is 0.258 e. The Morgan fingerprint density at radius 1 is 1.37 bits per heavy atom. The Labute approximate surface area is 113 Å². The summed E-state index contributed by atoms with van der Waals surface area (Å²) in [4.78, 5) is 6.58. The normalized spacial score (nSPS) is 19.6. The number of imidazole rings is 1. The summed E-state index contributed by atoms with van der Waals surface area (Å²) in [5.41, 5.74) is -0.978. The molecule has 2 N–H and O–H groups in total. The van der Waals surface area contributed by atoms with Gasteiger partial charge in [0.15, 0.2) is 5.03 Å². The molecular formula is C12H18N4O2S. The van der Waals surface area contributed by atoms with Crippen LogP contribution in [0.1, 0.15) is 44.3 Å². The zero-order chi connectivity index (χ0) is 13.9. The average Bonchev–Trinajstić information content (AvgIpc) is 2.68. The highest BCUT2D eigenvalue weighted by molar-refractivity contribution is 7.89. The van der Waals surface area contributed by atoms with Gasteiger partial charge in [0.2, 0.25) is 0 Å². The molecule has 0 amide bonds. The lowest BCUT2D eigenvalue weighted by atomic mass is 9.94. The van der Waals surface area contributed by atoms with Gasteiger partial charge in [0.25, 0.3) is 10.0 Å². The van der Waals surface area contributed by atoms with E-state index in [-0.39, 0.29) is 5.03 Å². The second kappa shape index (κ2) is 5.31. The fourth-order valence-electron chi connectivity index (χ4n) is 2.42. The summed E-state index contributed by atoms with van der Waals surface area (Å²) in [5.74, 6) is 0.534. The third kappa shape index (κ3) is 3.14. The van der Waals surface area contributed by atoms with Crippen molar-refractivity contribution in [2.45, 2.75) is 56.0 Å². The summed E-state index contributed by atoms with van der Waals surface area (Å²) < 4.78 is 27.1. The predicted molar refractivity (Wildman–Crippen MR) is 69.7 cm³/mol. The van der Waals surface area contributed by atoms with Crippen LogP contribution in [0.2, 0.25) is 0 Å². The van der Waals surface area contributed by atoms with Crippen LogP contribution in [0.5, 0.6) is 0 Å². The van der Waals surface area contributed by atoms with E-state index in [1.807, 2.05) is 0 Å². The van der Waals surface area contributed by atoms with Gasteiger partial charge in [-0.25, -0.2) is 13.4 Å². The molecule has 0 atom stereocenters. The topological polar surface area (TPSA) is 98.6 Å². The molecule has 0 aliphatic heterocycles.